The van der Waals surface area contributed by atoms with Crippen molar-refractivity contribution in [3.8, 4) is 5.75 Å². The zero-order chi connectivity index (χ0) is 12.8. The second-order valence-electron chi connectivity index (χ2n) is 3.41. The molecule has 1 N–H and O–H groups in total. The van der Waals surface area contributed by atoms with E-state index >= 15 is 0 Å². The quantitative estimate of drug-likeness (QED) is 0.468. The number of nitro benzene ring substituents is 1. The van der Waals surface area contributed by atoms with Crippen molar-refractivity contribution >= 4 is 5.69 Å². The van der Waals surface area contributed by atoms with E-state index in [1.54, 1.807) is 7.05 Å². The Morgan fingerprint density at radius 2 is 2.35 bits per heavy atom. The summed E-state index contributed by atoms with van der Waals surface area (Å²) < 4.78 is 18.5. The number of nitrogens with zero attached hydrogens (tertiary/aromatic N) is 1. The number of likely N-dealkylation sites (N-methyl/N-ethyl adjacent to an activating group) is 1. The predicted octanol–water partition coefficient (Wildman–Crippen LogP) is 1.89. The molecule has 0 aliphatic heterocycles. The molecule has 0 bridgehead atoms. The molecule has 0 amide bonds. The first-order valence-corrected chi connectivity index (χ1v) is 4.93. The highest BCUT2D eigenvalue weighted by Gasteiger charge is 2.19. The molecule has 1 aromatic carbocycles. The van der Waals surface area contributed by atoms with Crippen LogP contribution in [0.15, 0.2) is 30.4 Å². The minimum absolute atomic E-state index is 0.0304. The molecule has 0 radical (unpaired) electrons. The molecule has 0 unspecified atom stereocenters. The molecule has 1 rings (SSSR count). The van der Waals surface area contributed by atoms with Gasteiger partial charge < -0.3 is 10.1 Å². The van der Waals surface area contributed by atoms with E-state index in [1.807, 2.05) is 0 Å². The number of hydrogen-bond donors (Lipinski definition) is 1. The van der Waals surface area contributed by atoms with Gasteiger partial charge in [-0.1, -0.05) is 12.6 Å². The Hall–Kier alpha value is -1.95. The summed E-state index contributed by atoms with van der Waals surface area (Å²) in [5.41, 5.74) is 0.285. The van der Waals surface area contributed by atoms with Gasteiger partial charge >= 0.3 is 5.69 Å². The van der Waals surface area contributed by atoms with Gasteiger partial charge in [-0.25, -0.2) is 4.39 Å². The number of halogens is 1. The van der Waals surface area contributed by atoms with Gasteiger partial charge in [0.15, 0.2) is 5.82 Å². The van der Waals surface area contributed by atoms with Gasteiger partial charge in [-0.15, -0.1) is 0 Å². The highest BCUT2D eigenvalue weighted by atomic mass is 19.1. The van der Waals surface area contributed by atoms with Crippen molar-refractivity contribution in [3.63, 3.8) is 0 Å². The lowest BCUT2D eigenvalue weighted by molar-refractivity contribution is -0.386. The second kappa shape index (κ2) is 5.95. The van der Waals surface area contributed by atoms with Crippen LogP contribution in [0.2, 0.25) is 0 Å². The maximum absolute atomic E-state index is 13.4. The number of para-hydroxylation sites is 1. The highest BCUT2D eigenvalue weighted by Crippen LogP contribution is 2.29. The number of rotatable bonds is 6. The third kappa shape index (κ3) is 3.53. The molecule has 0 saturated heterocycles. The Morgan fingerprint density at radius 1 is 1.65 bits per heavy atom. The molecule has 92 valence electrons. The van der Waals surface area contributed by atoms with Crippen molar-refractivity contribution < 1.29 is 14.1 Å². The van der Waals surface area contributed by atoms with E-state index in [0.29, 0.717) is 12.1 Å². The summed E-state index contributed by atoms with van der Waals surface area (Å²) in [5.74, 6) is -1.11. The molecule has 0 saturated carbocycles. The third-order valence-corrected chi connectivity index (χ3v) is 1.99. The van der Waals surface area contributed by atoms with Gasteiger partial charge in [0, 0.05) is 12.6 Å². The van der Waals surface area contributed by atoms with Crippen molar-refractivity contribution in [2.24, 2.45) is 0 Å². The summed E-state index contributed by atoms with van der Waals surface area (Å²) in [5, 5.41) is 13.5. The number of nitro groups is 1. The van der Waals surface area contributed by atoms with Crippen LogP contribution in [0.5, 0.6) is 5.75 Å². The molecular formula is C11H13FN2O3. The lowest BCUT2D eigenvalue weighted by Gasteiger charge is -2.09. The standard InChI is InChI=1S/C11H13FN2O3/c1-8(6-13-2)7-17-11-9(12)4-3-5-10(11)14(15)16/h3-5,13H,1,6-7H2,2H3. The van der Waals surface area contributed by atoms with Crippen LogP contribution in [0.3, 0.4) is 0 Å². The number of benzene rings is 1. The van der Waals surface area contributed by atoms with Crippen LogP contribution in [0, 0.1) is 15.9 Å². The van der Waals surface area contributed by atoms with E-state index in [-0.39, 0.29) is 18.0 Å². The average Bonchev–Trinajstić information content (AvgIpc) is 2.27. The van der Waals surface area contributed by atoms with Crippen LogP contribution in [0.4, 0.5) is 10.1 Å². The van der Waals surface area contributed by atoms with Crippen LogP contribution in [0.1, 0.15) is 0 Å². The summed E-state index contributed by atoms with van der Waals surface area (Å²) in [7, 11) is 1.73. The van der Waals surface area contributed by atoms with E-state index < -0.39 is 10.7 Å². The zero-order valence-corrected chi connectivity index (χ0v) is 9.40. The van der Waals surface area contributed by atoms with E-state index in [4.69, 9.17) is 4.74 Å². The monoisotopic (exact) mass is 240 g/mol. The molecule has 0 spiro atoms. The van der Waals surface area contributed by atoms with Gasteiger partial charge in [-0.05, 0) is 18.7 Å². The lowest BCUT2D eigenvalue weighted by atomic mass is 10.3. The first-order chi connectivity index (χ1) is 8.06. The number of nitrogens with one attached hydrogen (secondary N) is 1. The largest absolute Gasteiger partial charge is 0.480 e. The van der Waals surface area contributed by atoms with Gasteiger partial charge in [0.25, 0.3) is 0 Å². The highest BCUT2D eigenvalue weighted by molar-refractivity contribution is 5.47. The van der Waals surface area contributed by atoms with Crippen molar-refractivity contribution in [3.05, 3.63) is 46.3 Å². The topological polar surface area (TPSA) is 64.4 Å². The predicted molar refractivity (Wildman–Crippen MR) is 61.6 cm³/mol. The van der Waals surface area contributed by atoms with Crippen LogP contribution >= 0.6 is 0 Å². The normalized spacial score (nSPS) is 10.0. The summed E-state index contributed by atoms with van der Waals surface area (Å²) in [6.07, 6.45) is 0. The summed E-state index contributed by atoms with van der Waals surface area (Å²) >= 11 is 0. The van der Waals surface area contributed by atoms with E-state index in [1.165, 1.54) is 12.1 Å². The first kappa shape index (κ1) is 13.1. The SMILES string of the molecule is C=C(CNC)COc1c(F)cccc1[N+](=O)[O-]. The summed E-state index contributed by atoms with van der Waals surface area (Å²) in [4.78, 5) is 9.99. The maximum Gasteiger partial charge on any atom is 0.314 e. The fraction of sp³-hybridized carbons (Fsp3) is 0.273. The molecule has 17 heavy (non-hydrogen) atoms. The minimum atomic E-state index is -0.753. The zero-order valence-electron chi connectivity index (χ0n) is 9.40. The Morgan fingerprint density at radius 3 is 2.94 bits per heavy atom. The lowest BCUT2D eigenvalue weighted by Crippen LogP contribution is -2.15. The van der Waals surface area contributed by atoms with Gasteiger partial charge in [-0.3, -0.25) is 10.1 Å². The number of ether oxygens (including phenoxy) is 1. The van der Waals surface area contributed by atoms with Gasteiger partial charge in [0.05, 0.1) is 4.92 Å². The molecule has 0 aliphatic rings. The van der Waals surface area contributed by atoms with Crippen LogP contribution in [0.25, 0.3) is 0 Å². The van der Waals surface area contributed by atoms with Gasteiger partial charge in [0.2, 0.25) is 5.75 Å². The molecular weight excluding hydrogens is 227 g/mol. The molecule has 0 heterocycles. The fourth-order valence-electron chi connectivity index (χ4n) is 1.26. The van der Waals surface area contributed by atoms with Crippen molar-refractivity contribution in [2.75, 3.05) is 20.2 Å². The van der Waals surface area contributed by atoms with Crippen LogP contribution in [-0.2, 0) is 0 Å². The Labute approximate surface area is 98.0 Å². The fourth-order valence-corrected chi connectivity index (χ4v) is 1.26. The maximum atomic E-state index is 13.4. The minimum Gasteiger partial charge on any atom is -0.480 e. The first-order valence-electron chi connectivity index (χ1n) is 4.93. The van der Waals surface area contributed by atoms with Crippen molar-refractivity contribution in [2.45, 2.75) is 0 Å². The molecule has 0 aliphatic carbocycles. The Kier molecular flexibility index (Phi) is 4.59. The van der Waals surface area contributed by atoms with Gasteiger partial charge in [-0.2, -0.15) is 0 Å². The van der Waals surface area contributed by atoms with E-state index in [0.717, 1.165) is 6.07 Å². The molecule has 0 fully saturated rings. The Bertz CT molecular complexity index is 435. The summed E-state index contributed by atoms with van der Waals surface area (Å²) in [6.45, 7) is 4.22. The molecule has 5 nitrogen and oxygen atoms in total. The second-order valence-corrected chi connectivity index (χ2v) is 3.41. The van der Waals surface area contributed by atoms with E-state index in [2.05, 4.69) is 11.9 Å². The molecule has 0 aromatic heterocycles. The van der Waals surface area contributed by atoms with Crippen LogP contribution in [-0.4, -0.2) is 25.1 Å². The van der Waals surface area contributed by atoms with Crippen molar-refractivity contribution in [1.29, 1.82) is 0 Å². The average molecular weight is 240 g/mol. The number of hydrogen-bond acceptors (Lipinski definition) is 4. The molecule has 6 heteroatoms. The van der Waals surface area contributed by atoms with Gasteiger partial charge in [0.1, 0.15) is 6.61 Å². The smallest absolute Gasteiger partial charge is 0.314 e. The Balaban J connectivity index is 2.82. The molecule has 0 atom stereocenters. The molecule has 1 aromatic rings. The third-order valence-electron chi connectivity index (χ3n) is 1.99. The van der Waals surface area contributed by atoms with E-state index in [9.17, 15) is 14.5 Å². The van der Waals surface area contributed by atoms with Crippen molar-refractivity contribution in [1.82, 2.24) is 5.32 Å². The van der Waals surface area contributed by atoms with Crippen LogP contribution < -0.4 is 10.1 Å². The summed E-state index contributed by atoms with van der Waals surface area (Å²) in [6, 6.07) is 3.57.